The summed E-state index contributed by atoms with van der Waals surface area (Å²) >= 11 is 0. The van der Waals surface area contributed by atoms with Crippen LogP contribution in [0.3, 0.4) is 0 Å². The molecule has 376 valence electrons. The summed E-state index contributed by atoms with van der Waals surface area (Å²) in [7, 11) is 11.5. The predicted molar refractivity (Wildman–Crippen MR) is 254 cm³/mol. The van der Waals surface area contributed by atoms with Crippen LogP contribution in [0.15, 0.2) is 59.8 Å². The van der Waals surface area contributed by atoms with Gasteiger partial charge in [0.2, 0.25) is 0 Å². The van der Waals surface area contributed by atoms with Crippen molar-refractivity contribution < 1.29 is 66.9 Å². The van der Waals surface area contributed by atoms with Crippen LogP contribution < -0.4 is 0 Å². The van der Waals surface area contributed by atoms with E-state index in [4.69, 9.17) is 47.7 Å². The third-order valence-corrected chi connectivity index (χ3v) is 13.7. The molecule has 0 fully saturated rings. The minimum Gasteiger partial charge on any atom is -0.481 e. The first-order valence-corrected chi connectivity index (χ1v) is 23.6. The molecule has 2 heterocycles. The van der Waals surface area contributed by atoms with Crippen molar-refractivity contribution in [3.8, 4) is 0 Å². The van der Waals surface area contributed by atoms with E-state index in [-0.39, 0.29) is 103 Å². The summed E-state index contributed by atoms with van der Waals surface area (Å²) < 4.78 is 53.5. The van der Waals surface area contributed by atoms with Crippen LogP contribution in [-0.4, -0.2) is 134 Å². The number of methoxy groups -OCH3 is 7. The quantitative estimate of drug-likeness (QED) is 0.103. The monoisotopic (exact) mass is 933 g/mol. The molecular formula is C52H84O14. The van der Waals surface area contributed by atoms with Crippen LogP contribution in [0, 0.1) is 35.5 Å². The fourth-order valence-corrected chi connectivity index (χ4v) is 9.31. The van der Waals surface area contributed by atoms with Gasteiger partial charge in [-0.05, 0) is 38.5 Å². The van der Waals surface area contributed by atoms with Crippen LogP contribution in [0.25, 0.3) is 0 Å². The normalized spacial score (nSPS) is 30.2. The average molecular weight is 933 g/mol. The van der Waals surface area contributed by atoms with Crippen LogP contribution in [0.1, 0.15) is 106 Å². The number of Topliss-reactive ketones (excluding diaryl/α,β-unsaturated/α-hetero) is 1. The van der Waals surface area contributed by atoms with Gasteiger partial charge in [-0.3, -0.25) is 9.59 Å². The molecule has 14 heteroatoms. The highest BCUT2D eigenvalue weighted by Crippen LogP contribution is 2.33. The number of hydrogen-bond donors (Lipinski definition) is 1. The van der Waals surface area contributed by atoms with E-state index in [9.17, 15) is 19.2 Å². The Bertz CT molecular complexity index is 1630. The Morgan fingerprint density at radius 1 is 0.727 bits per heavy atom. The summed E-state index contributed by atoms with van der Waals surface area (Å²) in [5, 5.41) is 9.17. The van der Waals surface area contributed by atoms with Crippen molar-refractivity contribution in [2.45, 2.75) is 161 Å². The zero-order valence-corrected chi connectivity index (χ0v) is 42.4. The van der Waals surface area contributed by atoms with Crippen molar-refractivity contribution >= 4 is 23.7 Å². The SMILES string of the molecule is CO[C@@H]1CC(C)=CC=CC(=O)O[C@H]([C@@H](C)[C@@H](OC)[C@@H](C)CCC(=O)[C@H](C)[C@@H](CCC(=O)O)OC)[C@@H](C)C=C[C@H](OC)C[C@H](OC)[C@@H](C)C=C[C@@H](OC)C[C@H](OC)[C@@H](C)[C@H]2CC(=CC(=O)O2)C1. The van der Waals surface area contributed by atoms with E-state index in [1.165, 1.54) is 13.2 Å². The van der Waals surface area contributed by atoms with Gasteiger partial charge in [-0.1, -0.05) is 89.1 Å². The Hall–Kier alpha value is -3.50. The maximum absolute atomic E-state index is 13.7. The minimum atomic E-state index is -0.935. The third kappa shape index (κ3) is 19.6. The molecule has 0 saturated carbocycles. The fourth-order valence-electron chi connectivity index (χ4n) is 9.31. The Labute approximate surface area is 395 Å². The van der Waals surface area contributed by atoms with Crippen LogP contribution in [0.2, 0.25) is 0 Å². The first-order chi connectivity index (χ1) is 31.4. The number of allylic oxidation sites excluding steroid dienone is 2. The van der Waals surface area contributed by atoms with Gasteiger partial charge in [0, 0.05) is 124 Å². The molecule has 0 aliphatic carbocycles. The van der Waals surface area contributed by atoms with Crippen LogP contribution in [0.5, 0.6) is 0 Å². The van der Waals surface area contributed by atoms with Crippen LogP contribution >= 0.6 is 0 Å². The number of rotatable bonds is 18. The lowest BCUT2D eigenvalue weighted by Crippen LogP contribution is -2.41. The molecule has 0 aromatic rings. The number of hydrogen-bond acceptors (Lipinski definition) is 13. The molecule has 2 rings (SSSR count). The van der Waals surface area contributed by atoms with Gasteiger partial charge in [-0.2, -0.15) is 0 Å². The Morgan fingerprint density at radius 3 is 1.91 bits per heavy atom. The topological polar surface area (TPSA) is 172 Å². The number of carbonyl (C=O) groups excluding carboxylic acids is 3. The summed E-state index contributed by atoms with van der Waals surface area (Å²) in [6.07, 6.45) is 15.2. The van der Waals surface area contributed by atoms with Crippen molar-refractivity contribution in [1.82, 2.24) is 0 Å². The predicted octanol–water partition coefficient (Wildman–Crippen LogP) is 8.46. The van der Waals surface area contributed by atoms with Crippen LogP contribution in [-0.2, 0) is 61.8 Å². The molecule has 2 aliphatic heterocycles. The minimum absolute atomic E-state index is 0.0116. The number of carboxylic acid groups (broad SMARTS) is 1. The first-order valence-electron chi connectivity index (χ1n) is 23.6. The average Bonchev–Trinajstić information content (AvgIpc) is 3.29. The molecule has 14 nitrogen and oxygen atoms in total. The zero-order valence-electron chi connectivity index (χ0n) is 42.4. The summed E-state index contributed by atoms with van der Waals surface area (Å²) in [4.78, 5) is 51.1. The number of carbonyl (C=O) groups is 4. The largest absolute Gasteiger partial charge is 0.481 e. The van der Waals surface area contributed by atoms with Gasteiger partial charge < -0.3 is 47.7 Å². The molecule has 0 radical (unpaired) electrons. The van der Waals surface area contributed by atoms with Crippen molar-refractivity contribution in [3.05, 3.63) is 59.8 Å². The van der Waals surface area contributed by atoms with Crippen LogP contribution in [0.4, 0.5) is 0 Å². The molecule has 0 unspecified atom stereocenters. The van der Waals surface area contributed by atoms with E-state index < -0.39 is 30.1 Å². The van der Waals surface area contributed by atoms with Gasteiger partial charge >= 0.3 is 17.9 Å². The lowest BCUT2D eigenvalue weighted by molar-refractivity contribution is -0.152. The van der Waals surface area contributed by atoms with Gasteiger partial charge in [-0.25, -0.2) is 9.59 Å². The maximum atomic E-state index is 13.7. The highest BCUT2D eigenvalue weighted by Gasteiger charge is 2.37. The van der Waals surface area contributed by atoms with E-state index in [2.05, 4.69) is 13.0 Å². The van der Waals surface area contributed by atoms with Gasteiger partial charge in [0.1, 0.15) is 18.0 Å². The number of carboxylic acids is 1. The second kappa shape index (κ2) is 30.8. The molecule has 66 heavy (non-hydrogen) atoms. The van der Waals surface area contributed by atoms with Crippen molar-refractivity contribution in [3.63, 3.8) is 0 Å². The molecular weight excluding hydrogens is 849 g/mol. The second-order valence-corrected chi connectivity index (χ2v) is 18.5. The molecule has 0 saturated heterocycles. The summed E-state index contributed by atoms with van der Waals surface area (Å²) in [6, 6.07) is 0. The Kier molecular flexibility index (Phi) is 27.4. The van der Waals surface area contributed by atoms with E-state index in [1.807, 2.05) is 58.9 Å². The third-order valence-electron chi connectivity index (χ3n) is 13.7. The fraction of sp³-hybridized carbons (Fsp3) is 0.731. The van der Waals surface area contributed by atoms with E-state index >= 15 is 0 Å². The summed E-state index contributed by atoms with van der Waals surface area (Å²) in [6.45, 7) is 13.9. The number of ether oxygens (including phenoxy) is 9. The first kappa shape index (κ1) is 58.6. The molecule has 1 N–H and O–H groups in total. The Balaban J connectivity index is 2.51. The number of cyclic esters (lactones) is 1. The van der Waals surface area contributed by atoms with E-state index in [0.717, 1.165) is 11.1 Å². The molecule has 0 aromatic heterocycles. The smallest absolute Gasteiger partial charge is 0.331 e. The Morgan fingerprint density at radius 2 is 1.35 bits per heavy atom. The van der Waals surface area contributed by atoms with Crippen molar-refractivity contribution in [1.29, 1.82) is 0 Å². The maximum Gasteiger partial charge on any atom is 0.331 e. The zero-order chi connectivity index (χ0) is 49.5. The molecule has 0 spiro atoms. The standard InChI is InChI=1S/C52H84O14/c1-32-16-15-17-49(56)66-52(38(7)51(64-14)34(3)20-23-43(53)36(5)44(61-11)24-25-48(54)55)35(4)19-22-40(58-8)30-45(62-12)33(2)18-21-41(59-9)31-46(63-13)37(6)47-28-39(29-50(57)65-47)27-42(26-32)60-10/h15-19,21-22,29,33-38,40-42,44-47,51-52H,20,23-28,30-31H2,1-14H3,(H,54,55)/t33-,34-,35-,36-,37+,38-,40-,41+,42+,44+,45-,46-,47+,51-,52-/m0/s1. The number of ketones is 1. The molecule has 15 atom stereocenters. The highest BCUT2D eigenvalue weighted by molar-refractivity contribution is 5.84. The number of esters is 2. The lowest BCUT2D eigenvalue weighted by atomic mass is 9.81. The van der Waals surface area contributed by atoms with Gasteiger partial charge in [0.25, 0.3) is 0 Å². The lowest BCUT2D eigenvalue weighted by Gasteiger charge is -2.35. The summed E-state index contributed by atoms with van der Waals surface area (Å²) in [5.41, 5.74) is 1.91. The molecule has 0 amide bonds. The molecule has 2 aliphatic rings. The molecule has 2 bridgehead atoms. The van der Waals surface area contributed by atoms with Gasteiger partial charge in [-0.15, -0.1) is 0 Å². The number of aliphatic carboxylic acids is 1. The number of fused-ring (bicyclic) bond motifs is 2. The van der Waals surface area contributed by atoms with Gasteiger partial charge in [0.05, 0.1) is 42.7 Å². The highest BCUT2D eigenvalue weighted by atomic mass is 16.6. The van der Waals surface area contributed by atoms with E-state index in [1.54, 1.807) is 61.7 Å². The second-order valence-electron chi connectivity index (χ2n) is 18.5. The van der Waals surface area contributed by atoms with Crippen molar-refractivity contribution in [2.75, 3.05) is 49.8 Å². The van der Waals surface area contributed by atoms with E-state index in [0.29, 0.717) is 38.5 Å². The van der Waals surface area contributed by atoms with Gasteiger partial charge in [0.15, 0.2) is 0 Å². The molecule has 0 aromatic carbocycles. The summed E-state index contributed by atoms with van der Waals surface area (Å²) in [5.74, 6) is -3.14. The van der Waals surface area contributed by atoms with Crippen molar-refractivity contribution in [2.24, 2.45) is 35.5 Å².